The van der Waals surface area contributed by atoms with Crippen LogP contribution in [-0.4, -0.2) is 37.2 Å². The molecule has 0 aromatic heterocycles. The maximum atomic E-state index is 12.8. The van der Waals surface area contributed by atoms with E-state index >= 15 is 0 Å². The van der Waals surface area contributed by atoms with Gasteiger partial charge in [0.2, 0.25) is 0 Å². The molecule has 0 rings (SSSR count). The van der Waals surface area contributed by atoms with Gasteiger partial charge in [-0.05, 0) is 103 Å². The van der Waals surface area contributed by atoms with Crippen molar-refractivity contribution in [2.24, 2.45) is 0 Å². The van der Waals surface area contributed by atoms with Crippen LogP contribution in [0.4, 0.5) is 0 Å². The van der Waals surface area contributed by atoms with Gasteiger partial charge < -0.3 is 14.2 Å². The molecule has 0 bridgehead atoms. The standard InChI is InChI=1S/C65H110O6/c1-4-7-10-13-16-19-22-24-26-28-30-31-32-33-35-36-38-40-43-46-49-52-55-58-64(67)70-61-62(60-69-63(66)57-54-51-48-45-42-21-18-15-12-9-6-3)71-65(68)59-56-53-50-47-44-41-39-37-34-29-27-25-23-20-17-14-11-8-5-2/h8,11,15,17-18,20,25,27-28,30,34,37,41,44,50,53,62H,4-7,9-10,12-14,16,19,21-24,26,29,31-33,35-36,38-40,42-43,45-49,51-52,54-61H2,1-3H3/b11-8-,18-15-,20-17-,27-25-,30-28-,37-34-,44-41-,53-50-. The zero-order chi connectivity index (χ0) is 51.4. The molecule has 0 heterocycles. The fourth-order valence-corrected chi connectivity index (χ4v) is 8.09. The van der Waals surface area contributed by atoms with E-state index in [4.69, 9.17) is 14.2 Å². The van der Waals surface area contributed by atoms with Crippen molar-refractivity contribution in [2.45, 2.75) is 284 Å². The Hall–Kier alpha value is -3.67. The van der Waals surface area contributed by atoms with Gasteiger partial charge in [0.15, 0.2) is 6.10 Å². The third kappa shape index (κ3) is 57.1. The second-order valence-electron chi connectivity index (χ2n) is 19.5. The van der Waals surface area contributed by atoms with Gasteiger partial charge in [0.1, 0.15) is 13.2 Å². The molecule has 0 saturated heterocycles. The van der Waals surface area contributed by atoms with E-state index in [1.54, 1.807) is 0 Å². The van der Waals surface area contributed by atoms with Gasteiger partial charge in [-0.3, -0.25) is 14.4 Å². The second-order valence-corrected chi connectivity index (χ2v) is 19.5. The number of ether oxygens (including phenoxy) is 3. The van der Waals surface area contributed by atoms with Crippen molar-refractivity contribution in [1.82, 2.24) is 0 Å². The van der Waals surface area contributed by atoms with Crippen molar-refractivity contribution >= 4 is 17.9 Å². The van der Waals surface area contributed by atoms with E-state index in [0.29, 0.717) is 19.3 Å². The molecule has 1 atom stereocenters. The first kappa shape index (κ1) is 67.3. The van der Waals surface area contributed by atoms with Crippen molar-refractivity contribution in [3.8, 4) is 0 Å². The Labute approximate surface area is 438 Å². The lowest BCUT2D eigenvalue weighted by molar-refractivity contribution is -0.166. The summed E-state index contributed by atoms with van der Waals surface area (Å²) in [6.45, 7) is 6.43. The predicted molar refractivity (Wildman–Crippen MR) is 307 cm³/mol. The Morgan fingerprint density at radius 2 is 0.592 bits per heavy atom. The molecule has 0 saturated carbocycles. The summed E-state index contributed by atoms with van der Waals surface area (Å²) in [6.07, 6.45) is 78.5. The van der Waals surface area contributed by atoms with Crippen LogP contribution in [0.2, 0.25) is 0 Å². The largest absolute Gasteiger partial charge is 0.462 e. The fourth-order valence-electron chi connectivity index (χ4n) is 8.09. The molecule has 0 radical (unpaired) electrons. The normalized spacial score (nSPS) is 12.8. The summed E-state index contributed by atoms with van der Waals surface area (Å²) in [5, 5.41) is 0. The minimum absolute atomic E-state index is 0.110. The molecule has 0 aliphatic rings. The van der Waals surface area contributed by atoms with Gasteiger partial charge in [0.05, 0.1) is 0 Å². The van der Waals surface area contributed by atoms with E-state index in [-0.39, 0.29) is 31.6 Å². The molecule has 1 unspecified atom stereocenters. The number of hydrogen-bond acceptors (Lipinski definition) is 6. The average Bonchev–Trinajstić information content (AvgIpc) is 3.37. The Balaban J connectivity index is 4.39. The predicted octanol–water partition coefficient (Wildman–Crippen LogP) is 20.1. The Bertz CT molecular complexity index is 1410. The molecule has 0 spiro atoms. The van der Waals surface area contributed by atoms with E-state index in [1.807, 2.05) is 6.08 Å². The number of unbranched alkanes of at least 4 members (excludes halogenated alkanes) is 26. The second kappa shape index (κ2) is 58.9. The van der Waals surface area contributed by atoms with Gasteiger partial charge in [-0.15, -0.1) is 0 Å². The molecule has 0 aliphatic heterocycles. The zero-order valence-electron chi connectivity index (χ0n) is 46.5. The zero-order valence-corrected chi connectivity index (χ0v) is 46.5. The van der Waals surface area contributed by atoms with Gasteiger partial charge in [0, 0.05) is 19.3 Å². The maximum absolute atomic E-state index is 12.8. The summed E-state index contributed by atoms with van der Waals surface area (Å²) in [6, 6.07) is 0. The van der Waals surface area contributed by atoms with Crippen molar-refractivity contribution < 1.29 is 28.6 Å². The lowest BCUT2D eigenvalue weighted by Gasteiger charge is -2.18. The molecular formula is C65H110O6. The van der Waals surface area contributed by atoms with Crippen LogP contribution in [-0.2, 0) is 28.6 Å². The first-order valence-electron chi connectivity index (χ1n) is 29.7. The smallest absolute Gasteiger partial charge is 0.306 e. The lowest BCUT2D eigenvalue weighted by atomic mass is 10.0. The molecule has 6 nitrogen and oxygen atoms in total. The van der Waals surface area contributed by atoms with Crippen molar-refractivity contribution in [3.05, 3.63) is 97.2 Å². The molecule has 0 aromatic carbocycles. The van der Waals surface area contributed by atoms with Crippen LogP contribution in [0.3, 0.4) is 0 Å². The van der Waals surface area contributed by atoms with E-state index < -0.39 is 12.1 Å². The van der Waals surface area contributed by atoms with Crippen molar-refractivity contribution in [1.29, 1.82) is 0 Å². The average molecular weight is 988 g/mol. The minimum atomic E-state index is -0.822. The van der Waals surface area contributed by atoms with Gasteiger partial charge >= 0.3 is 17.9 Å². The van der Waals surface area contributed by atoms with Gasteiger partial charge in [-0.25, -0.2) is 0 Å². The highest BCUT2D eigenvalue weighted by atomic mass is 16.6. The molecule has 0 aromatic rings. The van der Waals surface area contributed by atoms with Crippen LogP contribution >= 0.6 is 0 Å². The molecule has 0 aliphatic carbocycles. The molecule has 71 heavy (non-hydrogen) atoms. The van der Waals surface area contributed by atoms with Crippen LogP contribution < -0.4 is 0 Å². The molecule has 0 amide bonds. The summed E-state index contributed by atoms with van der Waals surface area (Å²) in [5.74, 6) is -1.00. The number of allylic oxidation sites excluding steroid dienone is 16. The molecular weight excluding hydrogens is 877 g/mol. The number of rotatable bonds is 53. The van der Waals surface area contributed by atoms with E-state index in [1.165, 1.54) is 141 Å². The third-order valence-electron chi connectivity index (χ3n) is 12.6. The summed E-state index contributed by atoms with van der Waals surface area (Å²) in [7, 11) is 0. The number of hydrogen-bond donors (Lipinski definition) is 0. The highest BCUT2D eigenvalue weighted by Gasteiger charge is 2.19. The van der Waals surface area contributed by atoms with Crippen LogP contribution in [0, 0.1) is 0 Å². The van der Waals surface area contributed by atoms with Gasteiger partial charge in [-0.2, -0.15) is 0 Å². The highest BCUT2D eigenvalue weighted by molar-refractivity contribution is 5.71. The van der Waals surface area contributed by atoms with Crippen molar-refractivity contribution in [3.63, 3.8) is 0 Å². The third-order valence-corrected chi connectivity index (χ3v) is 12.6. The quantitative estimate of drug-likeness (QED) is 0.0261. The Morgan fingerprint density at radius 1 is 0.296 bits per heavy atom. The lowest BCUT2D eigenvalue weighted by Crippen LogP contribution is -2.30. The number of carbonyl (C=O) groups is 3. The van der Waals surface area contributed by atoms with Crippen LogP contribution in [0.1, 0.15) is 278 Å². The van der Waals surface area contributed by atoms with Crippen LogP contribution in [0.25, 0.3) is 0 Å². The number of carbonyl (C=O) groups excluding carboxylic acids is 3. The van der Waals surface area contributed by atoms with Crippen LogP contribution in [0.15, 0.2) is 97.2 Å². The minimum Gasteiger partial charge on any atom is -0.462 e. The van der Waals surface area contributed by atoms with Crippen molar-refractivity contribution in [2.75, 3.05) is 13.2 Å². The molecule has 0 fully saturated rings. The highest BCUT2D eigenvalue weighted by Crippen LogP contribution is 2.15. The molecule has 6 heteroatoms. The molecule has 406 valence electrons. The summed E-state index contributed by atoms with van der Waals surface area (Å²) in [5.41, 5.74) is 0. The van der Waals surface area contributed by atoms with Gasteiger partial charge in [0.25, 0.3) is 0 Å². The topological polar surface area (TPSA) is 78.9 Å². The summed E-state index contributed by atoms with van der Waals surface area (Å²) >= 11 is 0. The SMILES string of the molecule is CC/C=C\C/C=C\C/C=C\C/C=C\C/C=C\C/C=C\CCC(=O)OC(COC(=O)CCCCCCC/C=C\CCCC)COC(=O)CCCCCCCCCCCCC/C=C\CCCCCCCCCC. The van der Waals surface area contributed by atoms with E-state index in [9.17, 15) is 14.4 Å². The number of esters is 3. The summed E-state index contributed by atoms with van der Waals surface area (Å²) < 4.78 is 16.8. The fraction of sp³-hybridized carbons (Fsp3) is 0.708. The van der Waals surface area contributed by atoms with E-state index in [0.717, 1.165) is 89.9 Å². The first-order valence-corrected chi connectivity index (χ1v) is 29.7. The van der Waals surface area contributed by atoms with Crippen LogP contribution in [0.5, 0.6) is 0 Å². The van der Waals surface area contributed by atoms with Gasteiger partial charge in [-0.1, -0.05) is 253 Å². The monoisotopic (exact) mass is 987 g/mol. The maximum Gasteiger partial charge on any atom is 0.306 e. The summed E-state index contributed by atoms with van der Waals surface area (Å²) in [4.78, 5) is 38.1. The molecule has 0 N–H and O–H groups in total. The Kier molecular flexibility index (Phi) is 55.9. The van der Waals surface area contributed by atoms with E-state index in [2.05, 4.69) is 112 Å². The Morgan fingerprint density at radius 3 is 0.958 bits per heavy atom. The first-order chi connectivity index (χ1) is 35.0.